The summed E-state index contributed by atoms with van der Waals surface area (Å²) in [4.78, 5) is 12.6. The van der Waals surface area contributed by atoms with Crippen molar-refractivity contribution in [2.75, 3.05) is 5.32 Å². The lowest BCUT2D eigenvalue weighted by atomic mass is 10.2. The number of carbonyl (C=O) groups is 1. The van der Waals surface area contributed by atoms with E-state index in [1.165, 1.54) is 23.5 Å². The van der Waals surface area contributed by atoms with Crippen LogP contribution in [0.2, 0.25) is 5.02 Å². The minimum Gasteiger partial charge on any atom is -0.506 e. The predicted octanol–water partition coefficient (Wildman–Crippen LogP) is 3.67. The van der Waals surface area contributed by atoms with Crippen LogP contribution in [0.3, 0.4) is 0 Å². The molecule has 1 aromatic heterocycles. The van der Waals surface area contributed by atoms with Crippen LogP contribution in [-0.2, 0) is 0 Å². The van der Waals surface area contributed by atoms with Crippen molar-refractivity contribution in [3.63, 3.8) is 0 Å². The summed E-state index contributed by atoms with van der Waals surface area (Å²) in [6.07, 6.45) is 0. The minimum absolute atomic E-state index is 0.00281. The highest BCUT2D eigenvalue weighted by atomic mass is 35.5. The first-order valence-corrected chi connectivity index (χ1v) is 6.17. The number of anilines is 1. The summed E-state index contributed by atoms with van der Waals surface area (Å²) in [5.41, 5.74) is 1.50. The summed E-state index contributed by atoms with van der Waals surface area (Å²) < 4.78 is 0. The molecule has 0 aliphatic carbocycles. The first-order valence-electron chi connectivity index (χ1n) is 4.92. The number of amides is 1. The summed E-state index contributed by atoms with van der Waals surface area (Å²) in [5.74, 6) is -0.170. The first kappa shape index (κ1) is 12.0. The third-order valence-corrected chi connectivity index (χ3v) is 3.59. The number of nitrogens with one attached hydrogen (secondary N) is 1. The SMILES string of the molecule is Cc1ccsc1C(=O)Nc1ccc(O)c(Cl)c1. The molecule has 0 aliphatic heterocycles. The van der Waals surface area contributed by atoms with Crippen LogP contribution in [0.25, 0.3) is 0 Å². The van der Waals surface area contributed by atoms with Gasteiger partial charge in [-0.2, -0.15) is 0 Å². The quantitative estimate of drug-likeness (QED) is 0.816. The van der Waals surface area contributed by atoms with Gasteiger partial charge in [0.2, 0.25) is 0 Å². The van der Waals surface area contributed by atoms with Crippen LogP contribution >= 0.6 is 22.9 Å². The van der Waals surface area contributed by atoms with Gasteiger partial charge in [-0.3, -0.25) is 4.79 Å². The zero-order chi connectivity index (χ0) is 12.4. The Hall–Kier alpha value is -1.52. The van der Waals surface area contributed by atoms with Gasteiger partial charge in [-0.05, 0) is 42.1 Å². The third kappa shape index (κ3) is 2.60. The molecule has 1 amide bonds. The molecule has 0 unspecified atom stereocenters. The topological polar surface area (TPSA) is 49.3 Å². The minimum atomic E-state index is -0.167. The molecule has 2 rings (SSSR count). The van der Waals surface area contributed by atoms with Gasteiger partial charge in [-0.15, -0.1) is 11.3 Å². The van der Waals surface area contributed by atoms with Crippen LogP contribution in [0.1, 0.15) is 15.2 Å². The average molecular weight is 268 g/mol. The van der Waals surface area contributed by atoms with E-state index < -0.39 is 0 Å². The summed E-state index contributed by atoms with van der Waals surface area (Å²) in [6, 6.07) is 6.45. The molecule has 3 nitrogen and oxygen atoms in total. The average Bonchev–Trinajstić information content (AvgIpc) is 2.70. The molecule has 2 aromatic rings. The number of halogens is 1. The maximum absolute atomic E-state index is 11.9. The number of benzene rings is 1. The van der Waals surface area contributed by atoms with E-state index in [9.17, 15) is 9.90 Å². The number of rotatable bonds is 2. The van der Waals surface area contributed by atoms with Gasteiger partial charge in [0.15, 0.2) is 0 Å². The van der Waals surface area contributed by atoms with Crippen LogP contribution < -0.4 is 5.32 Å². The Morgan fingerprint density at radius 3 is 2.76 bits per heavy atom. The summed E-state index contributed by atoms with van der Waals surface area (Å²) in [6.45, 7) is 1.88. The molecule has 1 heterocycles. The summed E-state index contributed by atoms with van der Waals surface area (Å²) >= 11 is 7.14. The van der Waals surface area contributed by atoms with Gasteiger partial charge in [0.25, 0.3) is 5.91 Å². The molecule has 0 radical (unpaired) electrons. The Morgan fingerprint density at radius 2 is 2.18 bits per heavy atom. The van der Waals surface area contributed by atoms with E-state index in [1.54, 1.807) is 6.07 Å². The second kappa shape index (κ2) is 4.77. The van der Waals surface area contributed by atoms with Crippen molar-refractivity contribution < 1.29 is 9.90 Å². The molecule has 0 spiro atoms. The Bertz CT molecular complexity index is 565. The van der Waals surface area contributed by atoms with Gasteiger partial charge in [0.05, 0.1) is 9.90 Å². The van der Waals surface area contributed by atoms with Crippen LogP contribution in [-0.4, -0.2) is 11.0 Å². The molecular weight excluding hydrogens is 258 g/mol. The fourth-order valence-electron chi connectivity index (χ4n) is 1.38. The molecule has 0 bridgehead atoms. The Labute approximate surface area is 108 Å². The summed E-state index contributed by atoms with van der Waals surface area (Å²) in [5, 5.41) is 14.1. The Morgan fingerprint density at radius 1 is 1.41 bits per heavy atom. The van der Waals surface area contributed by atoms with Crippen LogP contribution in [0, 0.1) is 6.92 Å². The fraction of sp³-hybridized carbons (Fsp3) is 0.0833. The molecule has 17 heavy (non-hydrogen) atoms. The zero-order valence-corrected chi connectivity index (χ0v) is 10.6. The van der Waals surface area contributed by atoms with Crippen LogP contribution in [0.4, 0.5) is 5.69 Å². The zero-order valence-electron chi connectivity index (χ0n) is 9.03. The number of hydrogen-bond acceptors (Lipinski definition) is 3. The van der Waals surface area contributed by atoms with E-state index in [-0.39, 0.29) is 16.7 Å². The number of aryl methyl sites for hydroxylation is 1. The van der Waals surface area contributed by atoms with Crippen LogP contribution in [0.5, 0.6) is 5.75 Å². The number of thiophene rings is 1. The summed E-state index contributed by atoms with van der Waals surface area (Å²) in [7, 11) is 0. The van der Waals surface area contributed by atoms with E-state index in [2.05, 4.69) is 5.32 Å². The highest BCUT2D eigenvalue weighted by molar-refractivity contribution is 7.12. The molecule has 5 heteroatoms. The third-order valence-electron chi connectivity index (χ3n) is 2.27. The van der Waals surface area contributed by atoms with E-state index in [4.69, 9.17) is 11.6 Å². The largest absolute Gasteiger partial charge is 0.506 e. The van der Waals surface area contributed by atoms with Gasteiger partial charge in [0, 0.05) is 5.69 Å². The van der Waals surface area contributed by atoms with Crippen molar-refractivity contribution >= 4 is 34.5 Å². The van der Waals surface area contributed by atoms with Crippen molar-refractivity contribution in [1.29, 1.82) is 0 Å². The highest BCUT2D eigenvalue weighted by Gasteiger charge is 2.11. The van der Waals surface area contributed by atoms with Gasteiger partial charge < -0.3 is 10.4 Å². The number of aromatic hydroxyl groups is 1. The Kier molecular flexibility index (Phi) is 3.36. The van der Waals surface area contributed by atoms with E-state index >= 15 is 0 Å². The van der Waals surface area contributed by atoms with Crippen molar-refractivity contribution in [3.8, 4) is 5.75 Å². The standard InChI is InChI=1S/C12H10ClNO2S/c1-7-4-5-17-11(7)12(16)14-8-2-3-10(15)9(13)6-8/h2-6,15H,1H3,(H,14,16). The molecule has 0 fully saturated rings. The molecule has 1 aromatic carbocycles. The second-order valence-corrected chi connectivity index (χ2v) is 4.88. The number of carbonyl (C=O) groups excluding carboxylic acids is 1. The lowest BCUT2D eigenvalue weighted by Crippen LogP contribution is -2.11. The normalized spacial score (nSPS) is 10.2. The number of phenolic OH excluding ortho intramolecular Hbond substituents is 1. The molecule has 88 valence electrons. The Balaban J connectivity index is 2.19. The fourth-order valence-corrected chi connectivity index (χ4v) is 2.38. The van der Waals surface area contributed by atoms with E-state index in [0.29, 0.717) is 10.6 Å². The predicted molar refractivity (Wildman–Crippen MR) is 70.1 cm³/mol. The van der Waals surface area contributed by atoms with Gasteiger partial charge in [-0.1, -0.05) is 11.6 Å². The van der Waals surface area contributed by atoms with Gasteiger partial charge in [-0.25, -0.2) is 0 Å². The molecule has 0 saturated heterocycles. The van der Waals surface area contributed by atoms with Crippen molar-refractivity contribution in [2.24, 2.45) is 0 Å². The maximum atomic E-state index is 11.9. The van der Waals surface area contributed by atoms with Crippen molar-refractivity contribution in [2.45, 2.75) is 6.92 Å². The van der Waals surface area contributed by atoms with Crippen molar-refractivity contribution in [1.82, 2.24) is 0 Å². The maximum Gasteiger partial charge on any atom is 0.265 e. The monoisotopic (exact) mass is 267 g/mol. The first-order chi connectivity index (χ1) is 8.08. The van der Waals surface area contributed by atoms with E-state index in [1.807, 2.05) is 18.4 Å². The van der Waals surface area contributed by atoms with E-state index in [0.717, 1.165) is 5.56 Å². The molecule has 0 saturated carbocycles. The molecular formula is C12H10ClNO2S. The second-order valence-electron chi connectivity index (χ2n) is 3.55. The van der Waals surface area contributed by atoms with Gasteiger partial charge >= 0.3 is 0 Å². The highest BCUT2D eigenvalue weighted by Crippen LogP contribution is 2.26. The van der Waals surface area contributed by atoms with Crippen LogP contribution in [0.15, 0.2) is 29.6 Å². The molecule has 2 N–H and O–H groups in total. The molecule has 0 atom stereocenters. The number of phenols is 1. The molecule has 0 aliphatic rings. The smallest absolute Gasteiger partial charge is 0.265 e. The lowest BCUT2D eigenvalue weighted by Gasteiger charge is -2.05. The van der Waals surface area contributed by atoms with Crippen molar-refractivity contribution in [3.05, 3.63) is 45.1 Å². The lowest BCUT2D eigenvalue weighted by molar-refractivity contribution is 0.103. The number of hydrogen-bond donors (Lipinski definition) is 2. The van der Waals surface area contributed by atoms with Gasteiger partial charge in [0.1, 0.15) is 5.75 Å².